The van der Waals surface area contributed by atoms with Crippen molar-refractivity contribution in [2.75, 3.05) is 6.54 Å². The van der Waals surface area contributed by atoms with Crippen molar-refractivity contribution in [1.29, 1.82) is 0 Å². The molecule has 124 valence electrons. The molecule has 0 radical (unpaired) electrons. The summed E-state index contributed by atoms with van der Waals surface area (Å²) in [5, 5.41) is 24.9. The van der Waals surface area contributed by atoms with E-state index in [4.69, 9.17) is 5.11 Å². The van der Waals surface area contributed by atoms with Gasteiger partial charge in [0.2, 0.25) is 0 Å². The Morgan fingerprint density at radius 2 is 1.96 bits per heavy atom. The molecule has 7 heteroatoms. The van der Waals surface area contributed by atoms with Gasteiger partial charge in [0.25, 0.3) is 11.8 Å². The van der Waals surface area contributed by atoms with Gasteiger partial charge in [0.05, 0.1) is 12.8 Å². The van der Waals surface area contributed by atoms with Crippen molar-refractivity contribution in [2.24, 2.45) is 5.10 Å². The standard InChI is InChI=1S/C17H17N3O4/c1-11-3-2-4-12(7-11)17(24)18-10-16(23)20-19-9-13-5-6-14(21)8-15(13)22/h2-9,21-22H,10H2,1H3,(H,18,24)(H,20,23)/b19-9-. The summed E-state index contributed by atoms with van der Waals surface area (Å²) in [5.41, 5.74) is 3.99. The van der Waals surface area contributed by atoms with Crippen LogP contribution in [0.4, 0.5) is 0 Å². The van der Waals surface area contributed by atoms with Gasteiger partial charge < -0.3 is 15.5 Å². The maximum atomic E-state index is 11.9. The summed E-state index contributed by atoms with van der Waals surface area (Å²) < 4.78 is 0. The number of aryl methyl sites for hydroxylation is 1. The van der Waals surface area contributed by atoms with Gasteiger partial charge >= 0.3 is 0 Å². The molecule has 0 aliphatic carbocycles. The average molecular weight is 327 g/mol. The Bertz CT molecular complexity index is 787. The summed E-state index contributed by atoms with van der Waals surface area (Å²) in [7, 11) is 0. The summed E-state index contributed by atoms with van der Waals surface area (Å²) >= 11 is 0. The third kappa shape index (κ3) is 4.84. The predicted molar refractivity (Wildman–Crippen MR) is 89.0 cm³/mol. The van der Waals surface area contributed by atoms with Crippen LogP contribution in [-0.4, -0.2) is 34.8 Å². The quantitative estimate of drug-likeness (QED) is 0.490. The zero-order chi connectivity index (χ0) is 17.5. The van der Waals surface area contributed by atoms with Gasteiger partial charge in [-0.1, -0.05) is 17.7 Å². The van der Waals surface area contributed by atoms with E-state index >= 15 is 0 Å². The molecule has 0 saturated carbocycles. The average Bonchev–Trinajstić information content (AvgIpc) is 2.54. The molecule has 4 N–H and O–H groups in total. The zero-order valence-electron chi connectivity index (χ0n) is 13.0. The number of benzene rings is 2. The molecular formula is C17H17N3O4. The topological polar surface area (TPSA) is 111 Å². The van der Waals surface area contributed by atoms with Crippen LogP contribution in [0.15, 0.2) is 47.6 Å². The molecule has 0 spiro atoms. The van der Waals surface area contributed by atoms with Gasteiger partial charge in [-0.3, -0.25) is 9.59 Å². The first kappa shape index (κ1) is 17.0. The Hall–Kier alpha value is -3.35. The fraction of sp³-hybridized carbons (Fsp3) is 0.118. The highest BCUT2D eigenvalue weighted by Crippen LogP contribution is 2.20. The fourth-order valence-electron chi connectivity index (χ4n) is 1.90. The molecule has 7 nitrogen and oxygen atoms in total. The smallest absolute Gasteiger partial charge is 0.259 e. The number of hydrogen-bond acceptors (Lipinski definition) is 5. The second-order valence-corrected chi connectivity index (χ2v) is 5.09. The number of nitrogens with zero attached hydrogens (tertiary/aromatic N) is 1. The largest absolute Gasteiger partial charge is 0.508 e. The maximum Gasteiger partial charge on any atom is 0.259 e. The summed E-state index contributed by atoms with van der Waals surface area (Å²) in [5.74, 6) is -1.10. The van der Waals surface area contributed by atoms with E-state index in [1.165, 1.54) is 18.3 Å². The Kier molecular flexibility index (Phi) is 5.51. The van der Waals surface area contributed by atoms with E-state index in [2.05, 4.69) is 15.8 Å². The van der Waals surface area contributed by atoms with Crippen LogP contribution in [0.3, 0.4) is 0 Å². The van der Waals surface area contributed by atoms with Crippen molar-refractivity contribution >= 4 is 18.0 Å². The number of hydrazone groups is 1. The van der Waals surface area contributed by atoms with Gasteiger partial charge in [-0.05, 0) is 31.2 Å². The number of amides is 2. The molecule has 24 heavy (non-hydrogen) atoms. The summed E-state index contributed by atoms with van der Waals surface area (Å²) in [6.45, 7) is 1.64. The van der Waals surface area contributed by atoms with Crippen LogP contribution in [0.25, 0.3) is 0 Å². The molecule has 0 fully saturated rings. The second kappa shape index (κ2) is 7.77. The van der Waals surface area contributed by atoms with E-state index in [1.54, 1.807) is 18.2 Å². The molecule has 2 aromatic carbocycles. The monoisotopic (exact) mass is 327 g/mol. The Morgan fingerprint density at radius 1 is 1.17 bits per heavy atom. The molecule has 0 aliphatic rings. The molecule has 2 amide bonds. The normalized spacial score (nSPS) is 10.5. The molecule has 2 aromatic rings. The van der Waals surface area contributed by atoms with E-state index in [9.17, 15) is 14.7 Å². The molecule has 0 atom stereocenters. The van der Waals surface area contributed by atoms with Crippen LogP contribution < -0.4 is 10.7 Å². The highest BCUT2D eigenvalue weighted by Gasteiger charge is 2.07. The molecule has 0 aromatic heterocycles. The lowest BCUT2D eigenvalue weighted by atomic mass is 10.1. The third-order valence-corrected chi connectivity index (χ3v) is 3.10. The molecule has 0 bridgehead atoms. The van der Waals surface area contributed by atoms with Crippen LogP contribution in [-0.2, 0) is 4.79 Å². The predicted octanol–water partition coefficient (Wildman–Crippen LogP) is 1.29. The summed E-state index contributed by atoms with van der Waals surface area (Å²) in [6, 6.07) is 11.0. The van der Waals surface area contributed by atoms with Gasteiger partial charge in [0, 0.05) is 17.2 Å². The maximum absolute atomic E-state index is 11.9. The molecular weight excluding hydrogens is 310 g/mol. The van der Waals surface area contributed by atoms with E-state index in [-0.39, 0.29) is 24.0 Å². The molecule has 0 saturated heterocycles. The van der Waals surface area contributed by atoms with Crippen LogP contribution in [0, 0.1) is 6.92 Å². The zero-order valence-corrected chi connectivity index (χ0v) is 13.0. The van der Waals surface area contributed by atoms with Gasteiger partial charge in [-0.2, -0.15) is 5.10 Å². The van der Waals surface area contributed by atoms with Crippen molar-refractivity contribution in [3.8, 4) is 11.5 Å². The number of carbonyl (C=O) groups excluding carboxylic acids is 2. The van der Waals surface area contributed by atoms with Gasteiger partial charge in [0.15, 0.2) is 0 Å². The van der Waals surface area contributed by atoms with Crippen LogP contribution in [0.1, 0.15) is 21.5 Å². The van der Waals surface area contributed by atoms with Gasteiger partial charge in [-0.15, -0.1) is 0 Å². The van der Waals surface area contributed by atoms with E-state index in [0.29, 0.717) is 11.1 Å². The Balaban J connectivity index is 1.83. The highest BCUT2D eigenvalue weighted by molar-refractivity contribution is 5.96. The first-order valence-electron chi connectivity index (χ1n) is 7.14. The first-order valence-corrected chi connectivity index (χ1v) is 7.14. The molecule has 0 unspecified atom stereocenters. The number of rotatable bonds is 5. The van der Waals surface area contributed by atoms with Crippen LogP contribution in [0.2, 0.25) is 0 Å². The number of nitrogens with one attached hydrogen (secondary N) is 2. The molecule has 2 rings (SSSR count). The lowest BCUT2D eigenvalue weighted by molar-refractivity contribution is -0.120. The Labute approximate surface area is 138 Å². The number of phenolic OH excluding ortho intramolecular Hbond substituents is 2. The minimum Gasteiger partial charge on any atom is -0.508 e. The van der Waals surface area contributed by atoms with Crippen LogP contribution in [0.5, 0.6) is 11.5 Å². The minimum absolute atomic E-state index is 0.0763. The lowest BCUT2D eigenvalue weighted by Crippen LogP contribution is -2.34. The highest BCUT2D eigenvalue weighted by atomic mass is 16.3. The number of phenols is 2. The van der Waals surface area contributed by atoms with Crippen molar-refractivity contribution in [2.45, 2.75) is 6.92 Å². The van der Waals surface area contributed by atoms with Crippen molar-refractivity contribution in [1.82, 2.24) is 10.7 Å². The molecule has 0 aliphatic heterocycles. The van der Waals surface area contributed by atoms with E-state index < -0.39 is 5.91 Å². The third-order valence-electron chi connectivity index (χ3n) is 3.10. The van der Waals surface area contributed by atoms with Crippen molar-refractivity contribution in [3.05, 3.63) is 59.2 Å². The SMILES string of the molecule is Cc1cccc(C(=O)NCC(=O)N/N=C\c2ccc(O)cc2O)c1. The van der Waals surface area contributed by atoms with Crippen LogP contribution >= 0.6 is 0 Å². The Morgan fingerprint density at radius 3 is 2.67 bits per heavy atom. The summed E-state index contributed by atoms with van der Waals surface area (Å²) in [6.07, 6.45) is 1.23. The van der Waals surface area contributed by atoms with Gasteiger partial charge in [-0.25, -0.2) is 5.43 Å². The van der Waals surface area contributed by atoms with E-state index in [1.807, 2.05) is 13.0 Å². The van der Waals surface area contributed by atoms with Gasteiger partial charge in [0.1, 0.15) is 11.5 Å². The molecule has 0 heterocycles. The lowest BCUT2D eigenvalue weighted by Gasteiger charge is -2.05. The van der Waals surface area contributed by atoms with E-state index in [0.717, 1.165) is 11.6 Å². The number of carbonyl (C=O) groups is 2. The number of hydrogen-bond donors (Lipinski definition) is 4. The van der Waals surface area contributed by atoms with Crippen molar-refractivity contribution in [3.63, 3.8) is 0 Å². The van der Waals surface area contributed by atoms with Crippen molar-refractivity contribution < 1.29 is 19.8 Å². The fourth-order valence-corrected chi connectivity index (χ4v) is 1.90. The first-order chi connectivity index (χ1) is 11.5. The summed E-state index contributed by atoms with van der Waals surface area (Å²) in [4.78, 5) is 23.5. The second-order valence-electron chi connectivity index (χ2n) is 5.09. The minimum atomic E-state index is -0.509. The number of aromatic hydroxyl groups is 2.